The van der Waals surface area contributed by atoms with Gasteiger partial charge in [0, 0.05) is 38.3 Å². The lowest BCUT2D eigenvalue weighted by molar-refractivity contribution is 0.227. The van der Waals surface area contributed by atoms with Gasteiger partial charge >= 0.3 is 0 Å². The van der Waals surface area contributed by atoms with E-state index in [2.05, 4.69) is 10.2 Å². The molecule has 1 fully saturated rings. The van der Waals surface area contributed by atoms with Gasteiger partial charge in [0.25, 0.3) is 0 Å². The summed E-state index contributed by atoms with van der Waals surface area (Å²) in [7, 11) is 0. The summed E-state index contributed by atoms with van der Waals surface area (Å²) < 4.78 is 26.2. The standard InChI is InChI=1S/C11H13F2N2/c12-10-1-2-11(13)9(7-10)8-15-5-3-14-4-6-15/h1-2,7H,3-6,8H2. The maximum atomic E-state index is 13.3. The van der Waals surface area contributed by atoms with Crippen LogP contribution in [-0.4, -0.2) is 31.1 Å². The second-order valence-corrected chi connectivity index (χ2v) is 3.68. The quantitative estimate of drug-likeness (QED) is 0.722. The number of benzene rings is 1. The SMILES string of the molecule is Fc1ccc(F)c(CN2CC[N]CC2)c1. The van der Waals surface area contributed by atoms with Gasteiger partial charge in [-0.3, -0.25) is 4.90 Å². The second-order valence-electron chi connectivity index (χ2n) is 3.68. The van der Waals surface area contributed by atoms with E-state index in [1.165, 1.54) is 12.1 Å². The van der Waals surface area contributed by atoms with Gasteiger partial charge in [-0.15, -0.1) is 0 Å². The number of nitrogens with zero attached hydrogens (tertiary/aromatic N) is 2. The number of rotatable bonds is 2. The van der Waals surface area contributed by atoms with Gasteiger partial charge in [-0.05, 0) is 18.2 Å². The summed E-state index contributed by atoms with van der Waals surface area (Å²) >= 11 is 0. The van der Waals surface area contributed by atoms with E-state index in [1.807, 2.05) is 0 Å². The highest BCUT2D eigenvalue weighted by atomic mass is 19.1. The van der Waals surface area contributed by atoms with Crippen LogP contribution in [0.25, 0.3) is 0 Å². The molecule has 0 aliphatic carbocycles. The van der Waals surface area contributed by atoms with Crippen molar-refractivity contribution in [2.24, 2.45) is 0 Å². The zero-order chi connectivity index (χ0) is 10.7. The van der Waals surface area contributed by atoms with Crippen LogP contribution < -0.4 is 5.32 Å². The van der Waals surface area contributed by atoms with Crippen molar-refractivity contribution in [1.82, 2.24) is 10.2 Å². The molecule has 2 rings (SSSR count). The molecule has 0 saturated carbocycles. The Kier molecular flexibility index (Phi) is 3.28. The summed E-state index contributed by atoms with van der Waals surface area (Å²) in [6.07, 6.45) is 0. The van der Waals surface area contributed by atoms with Gasteiger partial charge in [-0.2, -0.15) is 0 Å². The third kappa shape index (κ3) is 2.73. The van der Waals surface area contributed by atoms with Crippen LogP contribution in [0.3, 0.4) is 0 Å². The first kappa shape index (κ1) is 10.5. The lowest BCUT2D eigenvalue weighted by atomic mass is 10.2. The van der Waals surface area contributed by atoms with Crippen LogP contribution in [0.1, 0.15) is 5.56 Å². The summed E-state index contributed by atoms with van der Waals surface area (Å²) in [5.41, 5.74) is 0.428. The highest BCUT2D eigenvalue weighted by molar-refractivity contribution is 5.18. The Hall–Kier alpha value is -1.00. The Morgan fingerprint density at radius 1 is 1.20 bits per heavy atom. The van der Waals surface area contributed by atoms with Gasteiger partial charge in [0.2, 0.25) is 0 Å². The minimum atomic E-state index is -0.381. The first-order valence-corrected chi connectivity index (χ1v) is 5.05. The van der Waals surface area contributed by atoms with Gasteiger partial charge in [-0.25, -0.2) is 14.1 Å². The molecular formula is C11H13F2N2. The van der Waals surface area contributed by atoms with Gasteiger partial charge in [0.1, 0.15) is 11.6 Å². The minimum absolute atomic E-state index is 0.334. The molecule has 1 saturated heterocycles. The maximum absolute atomic E-state index is 13.3. The molecule has 0 unspecified atom stereocenters. The topological polar surface area (TPSA) is 17.3 Å². The molecule has 0 N–H and O–H groups in total. The predicted octanol–water partition coefficient (Wildman–Crippen LogP) is 1.38. The van der Waals surface area contributed by atoms with Crippen LogP contribution in [0.2, 0.25) is 0 Å². The van der Waals surface area contributed by atoms with Crippen LogP contribution >= 0.6 is 0 Å². The number of hydrogen-bond donors (Lipinski definition) is 0. The van der Waals surface area contributed by atoms with Gasteiger partial charge in [0.05, 0.1) is 0 Å². The Balaban J connectivity index is 2.05. The molecular weight excluding hydrogens is 198 g/mol. The number of hydrogen-bond acceptors (Lipinski definition) is 1. The zero-order valence-corrected chi connectivity index (χ0v) is 8.42. The van der Waals surface area contributed by atoms with E-state index in [0.717, 1.165) is 32.2 Å². The Labute approximate surface area is 87.9 Å². The van der Waals surface area contributed by atoms with Crippen LogP contribution in [0.15, 0.2) is 18.2 Å². The van der Waals surface area contributed by atoms with Crippen LogP contribution in [0.4, 0.5) is 8.78 Å². The first-order chi connectivity index (χ1) is 7.25. The molecule has 0 bridgehead atoms. The first-order valence-electron chi connectivity index (χ1n) is 5.05. The summed E-state index contributed by atoms with van der Waals surface area (Å²) in [5.74, 6) is -0.716. The van der Waals surface area contributed by atoms with E-state index in [1.54, 1.807) is 0 Å². The van der Waals surface area contributed by atoms with E-state index in [9.17, 15) is 8.78 Å². The van der Waals surface area contributed by atoms with E-state index >= 15 is 0 Å². The molecule has 0 amide bonds. The summed E-state index contributed by atoms with van der Waals surface area (Å²) in [6.45, 7) is 3.71. The summed E-state index contributed by atoms with van der Waals surface area (Å²) in [4.78, 5) is 2.09. The van der Waals surface area contributed by atoms with Crippen LogP contribution in [-0.2, 0) is 6.54 Å². The fourth-order valence-corrected chi connectivity index (χ4v) is 1.71. The molecule has 1 aromatic carbocycles. The number of halogens is 2. The number of piperazine rings is 1. The highest BCUT2D eigenvalue weighted by Crippen LogP contribution is 2.12. The third-order valence-electron chi connectivity index (χ3n) is 2.55. The van der Waals surface area contributed by atoms with E-state index < -0.39 is 0 Å². The average Bonchev–Trinajstić information content (AvgIpc) is 2.25. The lowest BCUT2D eigenvalue weighted by Gasteiger charge is -2.26. The molecule has 1 aliphatic rings. The van der Waals surface area contributed by atoms with Crippen molar-refractivity contribution < 1.29 is 8.78 Å². The maximum Gasteiger partial charge on any atom is 0.127 e. The van der Waals surface area contributed by atoms with Crippen molar-refractivity contribution in [3.8, 4) is 0 Å². The Morgan fingerprint density at radius 3 is 2.67 bits per heavy atom. The highest BCUT2D eigenvalue weighted by Gasteiger charge is 2.13. The molecule has 2 nitrogen and oxygen atoms in total. The molecule has 81 valence electrons. The molecule has 15 heavy (non-hydrogen) atoms. The largest absolute Gasteiger partial charge is 0.296 e. The third-order valence-corrected chi connectivity index (χ3v) is 2.55. The second kappa shape index (κ2) is 4.68. The van der Waals surface area contributed by atoms with Gasteiger partial charge in [0.15, 0.2) is 0 Å². The van der Waals surface area contributed by atoms with Gasteiger partial charge in [-0.1, -0.05) is 0 Å². The van der Waals surface area contributed by atoms with Crippen molar-refractivity contribution >= 4 is 0 Å². The minimum Gasteiger partial charge on any atom is -0.296 e. The van der Waals surface area contributed by atoms with Crippen molar-refractivity contribution in [3.05, 3.63) is 35.4 Å². The summed E-state index contributed by atoms with van der Waals surface area (Å²) in [5, 5.41) is 4.20. The Bertz CT molecular complexity index is 335. The van der Waals surface area contributed by atoms with E-state index in [0.29, 0.717) is 12.1 Å². The molecule has 0 spiro atoms. The van der Waals surface area contributed by atoms with Crippen LogP contribution in [0.5, 0.6) is 0 Å². The summed E-state index contributed by atoms with van der Waals surface area (Å²) in [6, 6.07) is 3.59. The van der Waals surface area contributed by atoms with E-state index in [-0.39, 0.29) is 11.6 Å². The molecule has 1 aromatic rings. The molecule has 0 aromatic heterocycles. The van der Waals surface area contributed by atoms with Crippen molar-refractivity contribution in [3.63, 3.8) is 0 Å². The fourth-order valence-electron chi connectivity index (χ4n) is 1.71. The molecule has 1 aliphatic heterocycles. The van der Waals surface area contributed by atoms with Crippen molar-refractivity contribution in [1.29, 1.82) is 0 Å². The monoisotopic (exact) mass is 211 g/mol. The van der Waals surface area contributed by atoms with E-state index in [4.69, 9.17) is 0 Å². The smallest absolute Gasteiger partial charge is 0.127 e. The average molecular weight is 211 g/mol. The van der Waals surface area contributed by atoms with Crippen LogP contribution in [0, 0.1) is 11.6 Å². The lowest BCUT2D eigenvalue weighted by Crippen LogP contribution is -2.39. The molecule has 0 atom stereocenters. The van der Waals surface area contributed by atoms with Gasteiger partial charge < -0.3 is 0 Å². The van der Waals surface area contributed by atoms with Crippen molar-refractivity contribution in [2.45, 2.75) is 6.54 Å². The molecule has 1 heterocycles. The molecule has 1 radical (unpaired) electrons. The Morgan fingerprint density at radius 2 is 1.93 bits per heavy atom. The fraction of sp³-hybridized carbons (Fsp3) is 0.455. The normalized spacial score (nSPS) is 18.0. The zero-order valence-electron chi connectivity index (χ0n) is 8.42. The predicted molar refractivity (Wildman–Crippen MR) is 53.5 cm³/mol. The molecule has 4 heteroatoms. The van der Waals surface area contributed by atoms with Crippen molar-refractivity contribution in [2.75, 3.05) is 26.2 Å².